The molecule has 0 unspecified atom stereocenters. The molecule has 3 aromatic rings. The Bertz CT molecular complexity index is 849. The fraction of sp³-hybridized carbons (Fsp3) is 0.167. The van der Waals surface area contributed by atoms with E-state index in [1.54, 1.807) is 17.8 Å². The number of hydrogen-bond donors (Lipinski definition) is 1. The number of aromatic nitrogens is 2. The molecule has 1 amide bonds. The van der Waals surface area contributed by atoms with Crippen molar-refractivity contribution in [3.63, 3.8) is 0 Å². The lowest BCUT2D eigenvalue weighted by Gasteiger charge is -2.13. The number of amides is 1. The summed E-state index contributed by atoms with van der Waals surface area (Å²) >= 11 is 2.99. The van der Waals surface area contributed by atoms with Crippen LogP contribution in [0, 0.1) is 0 Å². The Kier molecular flexibility index (Phi) is 5.67. The molecule has 0 spiro atoms. The van der Waals surface area contributed by atoms with Crippen molar-refractivity contribution in [2.75, 3.05) is 24.3 Å². The quantitative estimate of drug-likeness (QED) is 0.522. The molecule has 0 bridgehead atoms. The summed E-state index contributed by atoms with van der Waals surface area (Å²) in [6.07, 6.45) is 0. The Morgan fingerprint density at radius 1 is 1.12 bits per heavy atom. The van der Waals surface area contributed by atoms with Gasteiger partial charge >= 0.3 is 0 Å². The molecule has 2 aromatic carbocycles. The van der Waals surface area contributed by atoms with Gasteiger partial charge in [-0.2, -0.15) is 0 Å². The van der Waals surface area contributed by atoms with Gasteiger partial charge < -0.3 is 4.90 Å². The van der Waals surface area contributed by atoms with E-state index >= 15 is 0 Å². The van der Waals surface area contributed by atoms with E-state index in [4.69, 9.17) is 0 Å². The molecule has 1 aromatic heterocycles. The van der Waals surface area contributed by atoms with Crippen LogP contribution in [0.3, 0.4) is 0 Å². The number of carbonyl (C=O) groups excluding carboxylic acids is 1. The van der Waals surface area contributed by atoms with Crippen LogP contribution in [-0.4, -0.2) is 30.2 Å². The van der Waals surface area contributed by atoms with Crippen molar-refractivity contribution in [2.24, 2.45) is 0 Å². The monoisotopic (exact) mass is 370 g/mol. The van der Waals surface area contributed by atoms with Crippen molar-refractivity contribution >= 4 is 39.8 Å². The lowest BCUT2D eigenvalue weighted by molar-refractivity contribution is 0.102. The summed E-state index contributed by atoms with van der Waals surface area (Å²) in [4.78, 5) is 14.3. The maximum atomic E-state index is 12.4. The lowest BCUT2D eigenvalue weighted by atomic mass is 10.2. The van der Waals surface area contributed by atoms with Crippen molar-refractivity contribution in [1.82, 2.24) is 10.2 Å². The largest absolute Gasteiger partial charge is 0.378 e. The summed E-state index contributed by atoms with van der Waals surface area (Å²) in [7, 11) is 3.88. The number of anilines is 2. The molecule has 7 heteroatoms. The third kappa shape index (κ3) is 4.80. The number of benzene rings is 2. The third-order valence-corrected chi connectivity index (χ3v) is 5.50. The topological polar surface area (TPSA) is 58.1 Å². The second kappa shape index (κ2) is 8.13. The average molecular weight is 371 g/mol. The number of nitrogens with one attached hydrogen (secondary N) is 1. The maximum Gasteiger partial charge on any atom is 0.257 e. The number of nitrogens with zero attached hydrogens (tertiary/aromatic N) is 3. The predicted molar refractivity (Wildman–Crippen MR) is 105 cm³/mol. The first kappa shape index (κ1) is 17.4. The molecule has 0 radical (unpaired) electrons. The molecule has 0 aliphatic rings. The van der Waals surface area contributed by atoms with E-state index in [2.05, 4.69) is 27.6 Å². The summed E-state index contributed by atoms with van der Waals surface area (Å²) < 4.78 is 0.834. The van der Waals surface area contributed by atoms with Gasteiger partial charge in [0.2, 0.25) is 5.13 Å². The van der Waals surface area contributed by atoms with Crippen LogP contribution in [0.2, 0.25) is 0 Å². The third-order valence-electron chi connectivity index (χ3n) is 3.46. The normalized spacial score (nSPS) is 10.5. The Hall–Kier alpha value is -2.38. The van der Waals surface area contributed by atoms with Gasteiger partial charge in [0, 0.05) is 31.1 Å². The highest BCUT2D eigenvalue weighted by Gasteiger charge is 2.11. The second-order valence-electron chi connectivity index (χ2n) is 5.55. The van der Waals surface area contributed by atoms with Crippen molar-refractivity contribution in [3.05, 3.63) is 65.7 Å². The highest BCUT2D eigenvalue weighted by atomic mass is 32.2. The van der Waals surface area contributed by atoms with Crippen molar-refractivity contribution in [3.8, 4) is 0 Å². The highest BCUT2D eigenvalue weighted by molar-refractivity contribution is 8.00. The molecule has 1 heterocycles. The molecule has 0 atom stereocenters. The molecule has 0 fully saturated rings. The van der Waals surface area contributed by atoms with Gasteiger partial charge in [0.1, 0.15) is 0 Å². The molecule has 0 aliphatic heterocycles. The van der Waals surface area contributed by atoms with Crippen LogP contribution >= 0.6 is 23.1 Å². The fourth-order valence-corrected chi connectivity index (χ4v) is 3.84. The van der Waals surface area contributed by atoms with Gasteiger partial charge in [-0.3, -0.25) is 10.1 Å². The zero-order valence-electron chi connectivity index (χ0n) is 14.0. The van der Waals surface area contributed by atoms with Crippen LogP contribution in [0.4, 0.5) is 10.8 Å². The Morgan fingerprint density at radius 2 is 1.92 bits per heavy atom. The summed E-state index contributed by atoms with van der Waals surface area (Å²) in [5.74, 6) is 0.647. The smallest absolute Gasteiger partial charge is 0.257 e. The standard InChI is InChI=1S/C18H18N4OS2/c1-22(2)15-10-6-9-14(11-15)16(23)19-17-20-21-18(25-17)24-12-13-7-4-3-5-8-13/h3-11H,12H2,1-2H3,(H,19,20,23). The van der Waals surface area contributed by atoms with E-state index in [9.17, 15) is 4.79 Å². The van der Waals surface area contributed by atoms with Gasteiger partial charge in [0.05, 0.1) is 0 Å². The molecular weight excluding hydrogens is 352 g/mol. The first-order chi connectivity index (χ1) is 12.1. The van der Waals surface area contributed by atoms with Crippen LogP contribution in [-0.2, 0) is 5.75 Å². The molecule has 128 valence electrons. The summed E-state index contributed by atoms with van der Waals surface area (Å²) in [6, 6.07) is 17.6. The van der Waals surface area contributed by atoms with Crippen LogP contribution < -0.4 is 10.2 Å². The van der Waals surface area contributed by atoms with E-state index in [1.807, 2.05) is 55.4 Å². The van der Waals surface area contributed by atoms with Gasteiger partial charge in [-0.25, -0.2) is 0 Å². The first-order valence-electron chi connectivity index (χ1n) is 7.71. The van der Waals surface area contributed by atoms with Gasteiger partial charge in [-0.15, -0.1) is 10.2 Å². The molecule has 1 N–H and O–H groups in total. The SMILES string of the molecule is CN(C)c1cccc(C(=O)Nc2nnc(SCc3ccccc3)s2)c1. The molecule has 0 saturated heterocycles. The van der Waals surface area contributed by atoms with Crippen molar-refractivity contribution < 1.29 is 4.79 Å². The van der Waals surface area contributed by atoms with Crippen LogP contribution in [0.5, 0.6) is 0 Å². The molecule has 0 saturated carbocycles. The zero-order chi connectivity index (χ0) is 17.6. The van der Waals surface area contributed by atoms with Crippen molar-refractivity contribution in [2.45, 2.75) is 10.1 Å². The summed E-state index contributed by atoms with van der Waals surface area (Å²) in [5, 5.41) is 11.5. The highest BCUT2D eigenvalue weighted by Crippen LogP contribution is 2.28. The number of hydrogen-bond acceptors (Lipinski definition) is 6. The second-order valence-corrected chi connectivity index (χ2v) is 7.75. The van der Waals surface area contributed by atoms with E-state index in [0.717, 1.165) is 15.8 Å². The number of rotatable bonds is 6. The Balaban J connectivity index is 1.61. The molecule has 3 rings (SSSR count). The van der Waals surface area contributed by atoms with Crippen LogP contribution in [0.15, 0.2) is 58.9 Å². The minimum Gasteiger partial charge on any atom is -0.378 e. The predicted octanol–water partition coefficient (Wildman–Crippen LogP) is 4.15. The van der Waals surface area contributed by atoms with Gasteiger partial charge in [-0.1, -0.05) is 59.5 Å². The van der Waals surface area contributed by atoms with E-state index in [1.165, 1.54) is 16.9 Å². The zero-order valence-corrected chi connectivity index (χ0v) is 15.6. The molecular formula is C18H18N4OS2. The van der Waals surface area contributed by atoms with Gasteiger partial charge in [0.25, 0.3) is 5.91 Å². The van der Waals surface area contributed by atoms with Crippen molar-refractivity contribution in [1.29, 1.82) is 0 Å². The van der Waals surface area contributed by atoms with Crippen LogP contribution in [0.25, 0.3) is 0 Å². The van der Waals surface area contributed by atoms with E-state index < -0.39 is 0 Å². The Labute approximate surface area is 155 Å². The van der Waals surface area contributed by atoms with Gasteiger partial charge in [0.15, 0.2) is 4.34 Å². The van der Waals surface area contributed by atoms with Crippen LogP contribution in [0.1, 0.15) is 15.9 Å². The lowest BCUT2D eigenvalue weighted by Crippen LogP contribution is -2.14. The molecule has 25 heavy (non-hydrogen) atoms. The number of carbonyl (C=O) groups is 1. The Morgan fingerprint density at radius 3 is 2.68 bits per heavy atom. The average Bonchev–Trinajstić information content (AvgIpc) is 3.08. The first-order valence-corrected chi connectivity index (χ1v) is 9.51. The minimum absolute atomic E-state index is 0.181. The summed E-state index contributed by atoms with van der Waals surface area (Å²) in [6.45, 7) is 0. The maximum absolute atomic E-state index is 12.4. The summed E-state index contributed by atoms with van der Waals surface area (Å²) in [5.41, 5.74) is 2.80. The van der Waals surface area contributed by atoms with E-state index in [-0.39, 0.29) is 5.91 Å². The van der Waals surface area contributed by atoms with E-state index in [0.29, 0.717) is 10.7 Å². The molecule has 0 aliphatic carbocycles. The number of thioether (sulfide) groups is 1. The van der Waals surface area contributed by atoms with Gasteiger partial charge in [-0.05, 0) is 23.8 Å². The molecule has 5 nitrogen and oxygen atoms in total. The minimum atomic E-state index is -0.181. The fourth-order valence-electron chi connectivity index (χ4n) is 2.13.